The highest BCUT2D eigenvalue weighted by molar-refractivity contribution is 4.79. The van der Waals surface area contributed by atoms with Crippen molar-refractivity contribution < 1.29 is 10.2 Å². The fourth-order valence-electron chi connectivity index (χ4n) is 4.35. The zero-order chi connectivity index (χ0) is 19.5. The number of hydrogen-bond acceptors (Lipinski definition) is 3. The van der Waals surface area contributed by atoms with E-state index in [1.54, 1.807) is 0 Å². The Balaban J connectivity index is 1.70. The molecule has 1 saturated carbocycles. The molecule has 0 spiro atoms. The van der Waals surface area contributed by atoms with E-state index in [9.17, 15) is 5.11 Å². The summed E-state index contributed by atoms with van der Waals surface area (Å²) in [5.41, 5.74) is -0.543. The molecule has 0 heterocycles. The zero-order valence-electron chi connectivity index (χ0n) is 18.2. The molecule has 3 N–H and O–H groups in total. The summed E-state index contributed by atoms with van der Waals surface area (Å²) < 4.78 is 0. The normalized spacial score (nSPS) is 16.7. The third kappa shape index (κ3) is 15.5. The van der Waals surface area contributed by atoms with Crippen LogP contribution in [0.25, 0.3) is 0 Å². The van der Waals surface area contributed by atoms with Crippen molar-refractivity contribution in [1.29, 1.82) is 0 Å². The van der Waals surface area contributed by atoms with Crippen molar-refractivity contribution in [3.63, 3.8) is 0 Å². The fourth-order valence-corrected chi connectivity index (χ4v) is 4.35. The Morgan fingerprint density at radius 2 is 0.889 bits per heavy atom. The van der Waals surface area contributed by atoms with Crippen LogP contribution in [-0.2, 0) is 0 Å². The lowest BCUT2D eigenvalue weighted by Gasteiger charge is -2.33. The van der Waals surface area contributed by atoms with E-state index in [0.29, 0.717) is 6.61 Å². The second-order valence-corrected chi connectivity index (χ2v) is 8.90. The first-order chi connectivity index (χ1) is 13.3. The first-order valence-electron chi connectivity index (χ1n) is 12.4. The molecule has 1 fully saturated rings. The van der Waals surface area contributed by atoms with E-state index in [1.807, 2.05) is 0 Å². The number of rotatable bonds is 19. The standard InChI is InChI=1S/C24H49NO2/c26-23-19-14-12-10-8-6-4-2-1-3-5-7-9-11-13-18-22-25-24(27)20-16-15-17-21-24/h25-27H,1-23H2. The predicted molar refractivity (Wildman–Crippen MR) is 117 cm³/mol. The predicted octanol–water partition coefficient (Wildman–Crippen LogP) is 6.46. The van der Waals surface area contributed by atoms with Gasteiger partial charge in [-0.05, 0) is 45.1 Å². The van der Waals surface area contributed by atoms with Gasteiger partial charge in [-0.15, -0.1) is 0 Å². The van der Waals surface area contributed by atoms with E-state index < -0.39 is 5.72 Å². The number of unbranched alkanes of at least 4 members (excludes halogenated alkanes) is 15. The third-order valence-electron chi connectivity index (χ3n) is 6.22. The van der Waals surface area contributed by atoms with Gasteiger partial charge >= 0.3 is 0 Å². The lowest BCUT2D eigenvalue weighted by molar-refractivity contribution is -0.0278. The lowest BCUT2D eigenvalue weighted by atomic mass is 9.91. The van der Waals surface area contributed by atoms with Gasteiger partial charge in [0, 0.05) is 6.61 Å². The van der Waals surface area contributed by atoms with Crippen molar-refractivity contribution in [2.45, 2.75) is 141 Å². The first kappa shape index (κ1) is 24.9. The van der Waals surface area contributed by atoms with E-state index in [1.165, 1.54) is 116 Å². The smallest absolute Gasteiger partial charge is 0.116 e. The minimum atomic E-state index is -0.543. The fraction of sp³-hybridized carbons (Fsp3) is 1.00. The van der Waals surface area contributed by atoms with Crippen molar-refractivity contribution in [3.05, 3.63) is 0 Å². The summed E-state index contributed by atoms with van der Waals surface area (Å²) in [4.78, 5) is 0. The molecule has 0 aromatic heterocycles. The van der Waals surface area contributed by atoms with Crippen molar-refractivity contribution >= 4 is 0 Å². The van der Waals surface area contributed by atoms with Gasteiger partial charge in [-0.1, -0.05) is 96.3 Å². The summed E-state index contributed by atoms with van der Waals surface area (Å²) in [5.74, 6) is 0. The minimum absolute atomic E-state index is 0.363. The Morgan fingerprint density at radius 1 is 0.519 bits per heavy atom. The summed E-state index contributed by atoms with van der Waals surface area (Å²) in [7, 11) is 0. The van der Waals surface area contributed by atoms with Crippen LogP contribution >= 0.6 is 0 Å². The van der Waals surface area contributed by atoms with Crippen molar-refractivity contribution in [1.82, 2.24) is 5.32 Å². The largest absolute Gasteiger partial charge is 0.396 e. The Morgan fingerprint density at radius 3 is 1.30 bits per heavy atom. The second-order valence-electron chi connectivity index (χ2n) is 8.90. The highest BCUT2D eigenvalue weighted by atomic mass is 16.3. The minimum Gasteiger partial charge on any atom is -0.396 e. The molecule has 0 aromatic carbocycles. The lowest BCUT2D eigenvalue weighted by Crippen LogP contribution is -2.46. The maximum absolute atomic E-state index is 10.4. The van der Waals surface area contributed by atoms with E-state index in [0.717, 1.165) is 25.8 Å². The van der Waals surface area contributed by atoms with E-state index in [-0.39, 0.29) is 0 Å². The average Bonchev–Trinajstić information content (AvgIpc) is 2.67. The molecule has 0 bridgehead atoms. The summed E-state index contributed by atoms with van der Waals surface area (Å²) in [6.45, 7) is 1.35. The summed E-state index contributed by atoms with van der Waals surface area (Å²) >= 11 is 0. The summed E-state index contributed by atoms with van der Waals surface area (Å²) in [5, 5.41) is 22.5. The van der Waals surface area contributed by atoms with Gasteiger partial charge in [0.1, 0.15) is 5.72 Å². The number of aliphatic hydroxyl groups excluding tert-OH is 1. The van der Waals surface area contributed by atoms with Gasteiger partial charge in [-0.25, -0.2) is 0 Å². The van der Waals surface area contributed by atoms with Crippen LogP contribution in [0.4, 0.5) is 0 Å². The summed E-state index contributed by atoms with van der Waals surface area (Å²) in [6, 6.07) is 0. The molecule has 1 aliphatic carbocycles. The maximum atomic E-state index is 10.4. The van der Waals surface area contributed by atoms with E-state index in [4.69, 9.17) is 5.11 Å². The van der Waals surface area contributed by atoms with Crippen LogP contribution < -0.4 is 5.32 Å². The molecular weight excluding hydrogens is 334 g/mol. The van der Waals surface area contributed by atoms with E-state index in [2.05, 4.69) is 5.32 Å². The Bertz CT molecular complexity index is 303. The second kappa shape index (κ2) is 17.9. The van der Waals surface area contributed by atoms with Gasteiger partial charge in [-0.2, -0.15) is 0 Å². The van der Waals surface area contributed by atoms with Gasteiger partial charge in [0.25, 0.3) is 0 Å². The molecule has 0 unspecified atom stereocenters. The van der Waals surface area contributed by atoms with Gasteiger partial charge in [0.2, 0.25) is 0 Å². The molecule has 3 nitrogen and oxygen atoms in total. The molecule has 162 valence electrons. The van der Waals surface area contributed by atoms with Gasteiger partial charge < -0.3 is 10.2 Å². The number of nitrogens with one attached hydrogen (secondary N) is 1. The van der Waals surface area contributed by atoms with Gasteiger partial charge in [0.15, 0.2) is 0 Å². The van der Waals surface area contributed by atoms with Crippen LogP contribution in [0.1, 0.15) is 135 Å². The molecule has 0 aliphatic heterocycles. The quantitative estimate of drug-likeness (QED) is 0.177. The molecule has 0 aromatic rings. The van der Waals surface area contributed by atoms with Crippen LogP contribution in [-0.4, -0.2) is 29.1 Å². The van der Waals surface area contributed by atoms with E-state index >= 15 is 0 Å². The highest BCUT2D eigenvalue weighted by Gasteiger charge is 2.27. The molecule has 1 aliphatic rings. The maximum Gasteiger partial charge on any atom is 0.116 e. The molecule has 0 amide bonds. The van der Waals surface area contributed by atoms with Crippen LogP contribution in [0.2, 0.25) is 0 Å². The SMILES string of the molecule is OCCCCCCCCCCCCCCCCCCNC1(O)CCCCC1. The Hall–Kier alpha value is -0.120. The monoisotopic (exact) mass is 383 g/mol. The average molecular weight is 384 g/mol. The third-order valence-corrected chi connectivity index (χ3v) is 6.22. The molecule has 27 heavy (non-hydrogen) atoms. The topological polar surface area (TPSA) is 52.5 Å². The molecular formula is C24H49NO2. The highest BCUT2D eigenvalue weighted by Crippen LogP contribution is 2.25. The van der Waals surface area contributed by atoms with Crippen molar-refractivity contribution in [3.8, 4) is 0 Å². The molecule has 0 radical (unpaired) electrons. The zero-order valence-corrected chi connectivity index (χ0v) is 18.2. The Labute approximate surface area is 169 Å². The van der Waals surface area contributed by atoms with Crippen LogP contribution in [0.15, 0.2) is 0 Å². The molecule has 3 heteroatoms. The first-order valence-corrected chi connectivity index (χ1v) is 12.4. The summed E-state index contributed by atoms with van der Waals surface area (Å²) in [6.07, 6.45) is 26.9. The molecule has 0 atom stereocenters. The van der Waals surface area contributed by atoms with Crippen LogP contribution in [0.3, 0.4) is 0 Å². The number of hydrogen-bond donors (Lipinski definition) is 3. The van der Waals surface area contributed by atoms with Crippen LogP contribution in [0.5, 0.6) is 0 Å². The van der Waals surface area contributed by atoms with Crippen molar-refractivity contribution in [2.24, 2.45) is 0 Å². The van der Waals surface area contributed by atoms with Gasteiger partial charge in [0.05, 0.1) is 0 Å². The van der Waals surface area contributed by atoms with Gasteiger partial charge in [-0.3, -0.25) is 5.32 Å². The van der Waals surface area contributed by atoms with Crippen molar-refractivity contribution in [2.75, 3.05) is 13.2 Å². The molecule has 0 saturated heterocycles. The van der Waals surface area contributed by atoms with Crippen LogP contribution in [0, 0.1) is 0 Å². The number of aliphatic hydroxyl groups is 2. The Kier molecular flexibility index (Phi) is 16.6. The molecule has 1 rings (SSSR count).